The molecule has 0 aliphatic carbocycles. The summed E-state index contributed by atoms with van der Waals surface area (Å²) in [7, 11) is 1.68. The van der Waals surface area contributed by atoms with Gasteiger partial charge in [0.25, 0.3) is 0 Å². The molecule has 1 saturated heterocycles. The van der Waals surface area contributed by atoms with E-state index in [1.165, 1.54) is 10.9 Å². The summed E-state index contributed by atoms with van der Waals surface area (Å²) < 4.78 is 1.46. The SMILES string of the molecule is Cn1cc([N+](=O)[O-])c(NCC2(C)CCCNC2)n1. The van der Waals surface area contributed by atoms with Crippen LogP contribution in [0.1, 0.15) is 19.8 Å². The summed E-state index contributed by atoms with van der Waals surface area (Å²) in [5.74, 6) is 0.356. The maximum absolute atomic E-state index is 10.9. The first-order valence-corrected chi connectivity index (χ1v) is 6.13. The Hall–Kier alpha value is -1.63. The number of nitrogens with one attached hydrogen (secondary N) is 2. The van der Waals surface area contributed by atoms with Crippen LogP contribution in [-0.2, 0) is 7.05 Å². The van der Waals surface area contributed by atoms with Crippen LogP contribution in [0.5, 0.6) is 0 Å². The molecular formula is C11H19N5O2. The van der Waals surface area contributed by atoms with E-state index < -0.39 is 4.92 Å². The molecule has 7 nitrogen and oxygen atoms in total. The highest BCUT2D eigenvalue weighted by atomic mass is 16.6. The maximum atomic E-state index is 10.9. The minimum absolute atomic E-state index is 0.0323. The summed E-state index contributed by atoms with van der Waals surface area (Å²) in [6.45, 7) is 4.86. The summed E-state index contributed by atoms with van der Waals surface area (Å²) >= 11 is 0. The minimum Gasteiger partial charge on any atom is -0.362 e. The maximum Gasteiger partial charge on any atom is 0.330 e. The lowest BCUT2D eigenvalue weighted by Gasteiger charge is -2.34. The van der Waals surface area contributed by atoms with Gasteiger partial charge in [-0.05, 0) is 24.8 Å². The Balaban J connectivity index is 2.03. The van der Waals surface area contributed by atoms with Gasteiger partial charge in [0.1, 0.15) is 6.20 Å². The van der Waals surface area contributed by atoms with Crippen molar-refractivity contribution in [2.45, 2.75) is 19.8 Å². The molecule has 7 heteroatoms. The molecule has 1 atom stereocenters. The molecule has 1 aromatic heterocycles. The first kappa shape index (κ1) is 12.8. The van der Waals surface area contributed by atoms with Gasteiger partial charge in [0.2, 0.25) is 5.82 Å². The average Bonchev–Trinajstić information content (AvgIpc) is 2.69. The topological polar surface area (TPSA) is 85.0 Å². The Labute approximate surface area is 106 Å². The smallest absolute Gasteiger partial charge is 0.330 e. The van der Waals surface area contributed by atoms with E-state index in [1.54, 1.807) is 7.05 Å². The van der Waals surface area contributed by atoms with Gasteiger partial charge in [0.05, 0.1) is 4.92 Å². The molecule has 0 aromatic carbocycles. The molecule has 100 valence electrons. The fourth-order valence-corrected chi connectivity index (χ4v) is 2.30. The Morgan fingerprint density at radius 2 is 2.50 bits per heavy atom. The van der Waals surface area contributed by atoms with E-state index in [2.05, 4.69) is 22.7 Å². The van der Waals surface area contributed by atoms with Gasteiger partial charge >= 0.3 is 5.69 Å². The molecule has 1 aromatic rings. The zero-order valence-electron chi connectivity index (χ0n) is 10.8. The normalized spacial score (nSPS) is 23.9. The van der Waals surface area contributed by atoms with E-state index >= 15 is 0 Å². The fraction of sp³-hybridized carbons (Fsp3) is 0.727. The van der Waals surface area contributed by atoms with E-state index in [1.807, 2.05) is 0 Å². The van der Waals surface area contributed by atoms with Gasteiger partial charge in [-0.15, -0.1) is 5.10 Å². The number of anilines is 1. The summed E-state index contributed by atoms with van der Waals surface area (Å²) in [4.78, 5) is 10.5. The van der Waals surface area contributed by atoms with Crippen molar-refractivity contribution in [1.29, 1.82) is 0 Å². The van der Waals surface area contributed by atoms with Gasteiger partial charge < -0.3 is 10.6 Å². The highest BCUT2D eigenvalue weighted by Gasteiger charge is 2.28. The largest absolute Gasteiger partial charge is 0.362 e. The van der Waals surface area contributed by atoms with E-state index in [0.717, 1.165) is 25.9 Å². The van der Waals surface area contributed by atoms with Gasteiger partial charge in [-0.25, -0.2) is 0 Å². The third kappa shape index (κ3) is 2.79. The van der Waals surface area contributed by atoms with Crippen molar-refractivity contribution in [2.75, 3.05) is 25.0 Å². The molecule has 0 bridgehead atoms. The standard InChI is InChI=1S/C11H19N5O2/c1-11(4-3-5-12-7-11)8-13-10-9(16(17)18)6-15(2)14-10/h6,12H,3-5,7-8H2,1-2H3,(H,13,14). The van der Waals surface area contributed by atoms with Crippen LogP contribution in [0.4, 0.5) is 11.5 Å². The Morgan fingerprint density at radius 3 is 3.11 bits per heavy atom. The number of nitro groups is 1. The molecule has 1 aliphatic heterocycles. The van der Waals surface area contributed by atoms with Crippen LogP contribution in [0, 0.1) is 15.5 Å². The van der Waals surface area contributed by atoms with Crippen LogP contribution in [0.3, 0.4) is 0 Å². The quantitative estimate of drug-likeness (QED) is 0.620. The third-order valence-corrected chi connectivity index (χ3v) is 3.37. The summed E-state index contributed by atoms with van der Waals surface area (Å²) in [5, 5.41) is 21.4. The van der Waals surface area contributed by atoms with Gasteiger partial charge in [-0.3, -0.25) is 14.8 Å². The Bertz CT molecular complexity index is 437. The lowest BCUT2D eigenvalue weighted by atomic mass is 9.83. The second kappa shape index (κ2) is 4.93. The number of hydrogen-bond donors (Lipinski definition) is 2. The number of rotatable bonds is 4. The zero-order valence-corrected chi connectivity index (χ0v) is 10.8. The summed E-state index contributed by atoms with van der Waals surface area (Å²) in [6, 6.07) is 0. The zero-order chi connectivity index (χ0) is 13.2. The minimum atomic E-state index is -0.406. The average molecular weight is 253 g/mol. The van der Waals surface area contributed by atoms with Gasteiger partial charge in [0.15, 0.2) is 0 Å². The number of aromatic nitrogens is 2. The number of nitrogens with zero attached hydrogens (tertiary/aromatic N) is 3. The van der Waals surface area contributed by atoms with Gasteiger partial charge in [-0.2, -0.15) is 0 Å². The van der Waals surface area contributed by atoms with Gasteiger partial charge in [0, 0.05) is 20.1 Å². The van der Waals surface area contributed by atoms with E-state index in [9.17, 15) is 10.1 Å². The summed E-state index contributed by atoms with van der Waals surface area (Å²) in [6.07, 6.45) is 3.68. The number of hydrogen-bond acceptors (Lipinski definition) is 5. The van der Waals surface area contributed by atoms with Crippen molar-refractivity contribution in [3.8, 4) is 0 Å². The third-order valence-electron chi connectivity index (χ3n) is 3.37. The molecule has 2 N–H and O–H groups in total. The van der Waals surface area contributed by atoms with Gasteiger partial charge in [-0.1, -0.05) is 6.92 Å². The molecule has 2 heterocycles. The molecule has 18 heavy (non-hydrogen) atoms. The molecule has 0 spiro atoms. The van der Waals surface area contributed by atoms with Crippen LogP contribution in [0.15, 0.2) is 6.20 Å². The van der Waals surface area contributed by atoms with Crippen LogP contribution in [0.25, 0.3) is 0 Å². The second-order valence-corrected chi connectivity index (χ2v) is 5.24. The molecule has 1 unspecified atom stereocenters. The van der Waals surface area contributed by atoms with E-state index in [4.69, 9.17) is 0 Å². The van der Waals surface area contributed by atoms with Crippen molar-refractivity contribution >= 4 is 11.5 Å². The predicted molar refractivity (Wildman–Crippen MR) is 68.6 cm³/mol. The van der Waals surface area contributed by atoms with Crippen molar-refractivity contribution in [1.82, 2.24) is 15.1 Å². The summed E-state index contributed by atoms with van der Waals surface area (Å²) in [5.41, 5.74) is 0.161. The number of aryl methyl sites for hydroxylation is 1. The van der Waals surface area contributed by atoms with E-state index in [0.29, 0.717) is 12.4 Å². The molecule has 2 rings (SSSR count). The van der Waals surface area contributed by atoms with Crippen LogP contribution in [-0.4, -0.2) is 34.3 Å². The van der Waals surface area contributed by atoms with Crippen molar-refractivity contribution < 1.29 is 4.92 Å². The Morgan fingerprint density at radius 1 is 1.72 bits per heavy atom. The van der Waals surface area contributed by atoms with Crippen LogP contribution >= 0.6 is 0 Å². The number of piperidine rings is 1. The van der Waals surface area contributed by atoms with Crippen LogP contribution < -0.4 is 10.6 Å². The molecular weight excluding hydrogens is 234 g/mol. The first-order valence-electron chi connectivity index (χ1n) is 6.13. The fourth-order valence-electron chi connectivity index (χ4n) is 2.30. The molecule has 0 amide bonds. The molecule has 1 fully saturated rings. The first-order chi connectivity index (χ1) is 8.50. The second-order valence-electron chi connectivity index (χ2n) is 5.24. The monoisotopic (exact) mass is 253 g/mol. The predicted octanol–water partition coefficient (Wildman–Crippen LogP) is 1.13. The van der Waals surface area contributed by atoms with Crippen molar-refractivity contribution in [2.24, 2.45) is 12.5 Å². The lowest BCUT2D eigenvalue weighted by molar-refractivity contribution is -0.384. The molecule has 0 radical (unpaired) electrons. The molecule has 1 aliphatic rings. The lowest BCUT2D eigenvalue weighted by Crippen LogP contribution is -2.42. The highest BCUT2D eigenvalue weighted by molar-refractivity contribution is 5.54. The molecule has 0 saturated carbocycles. The van der Waals surface area contributed by atoms with E-state index in [-0.39, 0.29) is 11.1 Å². The highest BCUT2D eigenvalue weighted by Crippen LogP contribution is 2.28. The van der Waals surface area contributed by atoms with Crippen LogP contribution in [0.2, 0.25) is 0 Å². The Kier molecular flexibility index (Phi) is 3.51. The van der Waals surface area contributed by atoms with Crippen molar-refractivity contribution in [3.05, 3.63) is 16.3 Å². The van der Waals surface area contributed by atoms with Crippen molar-refractivity contribution in [3.63, 3.8) is 0 Å².